The highest BCUT2D eigenvalue weighted by Gasteiger charge is 2.28. The molecule has 0 radical (unpaired) electrons. The van der Waals surface area contributed by atoms with E-state index >= 15 is 0 Å². The van der Waals surface area contributed by atoms with E-state index < -0.39 is 0 Å². The van der Waals surface area contributed by atoms with Gasteiger partial charge in [-0.25, -0.2) is 0 Å². The van der Waals surface area contributed by atoms with Crippen molar-refractivity contribution >= 4 is 17.6 Å². The van der Waals surface area contributed by atoms with E-state index in [0.717, 1.165) is 23.2 Å². The minimum Gasteiger partial charge on any atom is -0.469 e. The predicted octanol–water partition coefficient (Wildman–Crippen LogP) is 1.70. The van der Waals surface area contributed by atoms with E-state index in [1.54, 1.807) is 11.8 Å². The summed E-state index contributed by atoms with van der Waals surface area (Å²) in [5.41, 5.74) is 3.01. The Bertz CT molecular complexity index is 496. The summed E-state index contributed by atoms with van der Waals surface area (Å²) in [4.78, 5) is 24.6. The van der Waals surface area contributed by atoms with Crippen molar-refractivity contribution in [2.75, 3.05) is 12.0 Å². The first-order chi connectivity index (χ1) is 8.52. The zero-order valence-corrected chi connectivity index (χ0v) is 10.9. The van der Waals surface area contributed by atoms with Crippen molar-refractivity contribution in [3.05, 3.63) is 29.3 Å². The number of fused-ring (bicyclic) bond motifs is 1. The number of hydrogen-bond acceptors (Lipinski definition) is 3. The lowest BCUT2D eigenvalue weighted by Gasteiger charge is -2.20. The molecule has 1 aliphatic rings. The number of anilines is 1. The lowest BCUT2D eigenvalue weighted by Crippen LogP contribution is -2.33. The molecule has 2 rings (SSSR count). The van der Waals surface area contributed by atoms with Gasteiger partial charge in [-0.1, -0.05) is 12.1 Å². The number of benzene rings is 1. The molecule has 4 nitrogen and oxygen atoms in total. The van der Waals surface area contributed by atoms with Crippen LogP contribution in [-0.2, 0) is 27.2 Å². The maximum Gasteiger partial charge on any atom is 0.309 e. The van der Waals surface area contributed by atoms with Gasteiger partial charge in [0.05, 0.1) is 13.5 Å². The van der Waals surface area contributed by atoms with Crippen LogP contribution in [-0.4, -0.2) is 25.0 Å². The molecule has 96 valence electrons. The number of rotatable bonds is 2. The van der Waals surface area contributed by atoms with Crippen LogP contribution in [0.3, 0.4) is 0 Å². The summed E-state index contributed by atoms with van der Waals surface area (Å²) in [5, 5.41) is 0. The molecule has 0 N–H and O–H groups in total. The molecule has 18 heavy (non-hydrogen) atoms. The second kappa shape index (κ2) is 4.80. The van der Waals surface area contributed by atoms with Crippen LogP contribution < -0.4 is 4.90 Å². The summed E-state index contributed by atoms with van der Waals surface area (Å²) in [7, 11) is 1.38. The fourth-order valence-electron chi connectivity index (χ4n) is 2.51. The molecule has 1 aromatic carbocycles. The largest absolute Gasteiger partial charge is 0.469 e. The molecule has 0 aromatic heterocycles. The van der Waals surface area contributed by atoms with Crippen LogP contribution in [0.15, 0.2) is 18.2 Å². The molecule has 1 aromatic rings. The van der Waals surface area contributed by atoms with Gasteiger partial charge in [0.1, 0.15) is 0 Å². The van der Waals surface area contributed by atoms with E-state index in [-0.39, 0.29) is 24.3 Å². The lowest BCUT2D eigenvalue weighted by molar-refractivity contribution is -0.139. The number of amides is 1. The number of hydrogen-bond donors (Lipinski definition) is 0. The Balaban J connectivity index is 2.28. The number of nitrogens with zero attached hydrogens (tertiary/aromatic N) is 1. The van der Waals surface area contributed by atoms with Crippen molar-refractivity contribution < 1.29 is 14.3 Å². The summed E-state index contributed by atoms with van der Waals surface area (Å²) in [6.07, 6.45) is 1.11. The Labute approximate surface area is 107 Å². The number of methoxy groups -OCH3 is 1. The average Bonchev–Trinajstić information content (AvgIpc) is 2.64. The summed E-state index contributed by atoms with van der Waals surface area (Å²) in [5.74, 6) is -0.189. The van der Waals surface area contributed by atoms with Gasteiger partial charge in [-0.2, -0.15) is 0 Å². The smallest absolute Gasteiger partial charge is 0.309 e. The molecule has 1 amide bonds. The summed E-state index contributed by atoms with van der Waals surface area (Å²) in [6, 6.07) is 5.97. The van der Waals surface area contributed by atoms with Gasteiger partial charge in [0.25, 0.3) is 0 Å². The van der Waals surface area contributed by atoms with Crippen LogP contribution in [0.5, 0.6) is 0 Å². The third-order valence-corrected chi connectivity index (χ3v) is 3.27. The maximum absolute atomic E-state index is 11.6. The fraction of sp³-hybridized carbons (Fsp3) is 0.429. The quantitative estimate of drug-likeness (QED) is 0.747. The molecule has 1 unspecified atom stereocenters. The van der Waals surface area contributed by atoms with Crippen LogP contribution in [0, 0.1) is 0 Å². The number of esters is 1. The Kier molecular flexibility index (Phi) is 3.36. The highest BCUT2D eigenvalue weighted by atomic mass is 16.5. The Hall–Kier alpha value is -1.84. The third kappa shape index (κ3) is 2.23. The SMILES string of the molecule is COC(=O)Cc1ccc2c(c1)CC(C)N2C(C)=O. The first-order valence-electron chi connectivity index (χ1n) is 6.01. The van der Waals surface area contributed by atoms with Gasteiger partial charge in [-0.15, -0.1) is 0 Å². The van der Waals surface area contributed by atoms with E-state index in [1.807, 2.05) is 25.1 Å². The fourth-order valence-corrected chi connectivity index (χ4v) is 2.51. The van der Waals surface area contributed by atoms with E-state index in [4.69, 9.17) is 0 Å². The van der Waals surface area contributed by atoms with Crippen molar-refractivity contribution in [1.29, 1.82) is 0 Å². The van der Waals surface area contributed by atoms with Gasteiger partial charge in [0.2, 0.25) is 5.91 Å². The third-order valence-electron chi connectivity index (χ3n) is 3.27. The van der Waals surface area contributed by atoms with Gasteiger partial charge in [-0.3, -0.25) is 9.59 Å². The zero-order chi connectivity index (χ0) is 13.3. The molecule has 0 spiro atoms. The summed E-state index contributed by atoms with van der Waals surface area (Å²) in [6.45, 7) is 3.61. The van der Waals surface area contributed by atoms with Crippen molar-refractivity contribution in [2.24, 2.45) is 0 Å². The summed E-state index contributed by atoms with van der Waals surface area (Å²) < 4.78 is 4.65. The highest BCUT2D eigenvalue weighted by molar-refractivity contribution is 5.94. The van der Waals surface area contributed by atoms with E-state index in [0.29, 0.717) is 0 Å². The topological polar surface area (TPSA) is 46.6 Å². The lowest BCUT2D eigenvalue weighted by atomic mass is 10.1. The minimum absolute atomic E-state index is 0.0574. The molecule has 0 aliphatic carbocycles. The zero-order valence-electron chi connectivity index (χ0n) is 10.9. The monoisotopic (exact) mass is 247 g/mol. The van der Waals surface area contributed by atoms with Crippen molar-refractivity contribution in [2.45, 2.75) is 32.7 Å². The molecule has 0 fully saturated rings. The molecule has 4 heteroatoms. The van der Waals surface area contributed by atoms with Gasteiger partial charge in [-0.05, 0) is 30.5 Å². The molecule has 1 aliphatic heterocycles. The van der Waals surface area contributed by atoms with Gasteiger partial charge >= 0.3 is 5.97 Å². The Morgan fingerprint density at radius 3 is 2.78 bits per heavy atom. The van der Waals surface area contributed by atoms with Gasteiger partial charge in [0.15, 0.2) is 0 Å². The summed E-state index contributed by atoms with van der Waals surface area (Å²) >= 11 is 0. The molecular formula is C14H17NO3. The molecule has 0 saturated heterocycles. The van der Waals surface area contributed by atoms with E-state index in [9.17, 15) is 9.59 Å². The molecule has 0 saturated carbocycles. The van der Waals surface area contributed by atoms with Gasteiger partial charge < -0.3 is 9.64 Å². The van der Waals surface area contributed by atoms with Crippen LogP contribution in [0.1, 0.15) is 25.0 Å². The molecule has 1 atom stereocenters. The Morgan fingerprint density at radius 2 is 2.17 bits per heavy atom. The van der Waals surface area contributed by atoms with Crippen LogP contribution >= 0.6 is 0 Å². The second-order valence-electron chi connectivity index (χ2n) is 4.66. The van der Waals surface area contributed by atoms with Crippen LogP contribution in [0.4, 0.5) is 5.69 Å². The molecular weight excluding hydrogens is 230 g/mol. The number of carbonyl (C=O) groups is 2. The van der Waals surface area contributed by atoms with E-state index in [1.165, 1.54) is 7.11 Å². The number of carbonyl (C=O) groups excluding carboxylic acids is 2. The van der Waals surface area contributed by atoms with Crippen LogP contribution in [0.25, 0.3) is 0 Å². The molecule has 1 heterocycles. The first kappa shape index (κ1) is 12.6. The number of ether oxygens (including phenoxy) is 1. The predicted molar refractivity (Wildman–Crippen MR) is 68.5 cm³/mol. The van der Waals surface area contributed by atoms with E-state index in [2.05, 4.69) is 4.74 Å². The second-order valence-corrected chi connectivity index (χ2v) is 4.66. The van der Waals surface area contributed by atoms with Crippen molar-refractivity contribution in [3.63, 3.8) is 0 Å². The van der Waals surface area contributed by atoms with Crippen molar-refractivity contribution in [1.82, 2.24) is 0 Å². The maximum atomic E-state index is 11.6. The standard InChI is InChI=1S/C14H17NO3/c1-9-6-12-7-11(8-14(17)18-3)4-5-13(12)15(9)10(2)16/h4-5,7,9H,6,8H2,1-3H3. The van der Waals surface area contributed by atoms with Gasteiger partial charge in [0, 0.05) is 18.7 Å². The highest BCUT2D eigenvalue weighted by Crippen LogP contribution is 2.32. The van der Waals surface area contributed by atoms with Crippen LogP contribution in [0.2, 0.25) is 0 Å². The minimum atomic E-state index is -0.246. The van der Waals surface area contributed by atoms with Crippen molar-refractivity contribution in [3.8, 4) is 0 Å². The first-order valence-corrected chi connectivity index (χ1v) is 6.01. The molecule has 0 bridgehead atoms. The normalized spacial score (nSPS) is 17.5. The Morgan fingerprint density at radius 1 is 1.44 bits per heavy atom. The average molecular weight is 247 g/mol.